The molecule has 1 atom stereocenters. The molecule has 2 aromatic rings. The lowest BCUT2D eigenvalue weighted by Gasteiger charge is -2.36. The van der Waals surface area contributed by atoms with Crippen LogP contribution in [0, 0.1) is 5.92 Å². The number of nitrogens with one attached hydrogen (secondary N) is 1. The van der Waals surface area contributed by atoms with Gasteiger partial charge in [0.1, 0.15) is 11.3 Å². The molecule has 20 heavy (non-hydrogen) atoms. The van der Waals surface area contributed by atoms with E-state index in [-0.39, 0.29) is 0 Å². The second-order valence-corrected chi connectivity index (χ2v) is 5.68. The molecule has 1 aromatic heterocycles. The topological polar surface area (TPSA) is 34.4 Å². The quantitative estimate of drug-likeness (QED) is 0.866. The summed E-state index contributed by atoms with van der Waals surface area (Å²) in [6.45, 7) is 2.90. The van der Waals surface area contributed by atoms with Gasteiger partial charge < -0.3 is 14.5 Å². The highest BCUT2D eigenvalue weighted by Gasteiger charge is 2.32. The number of rotatable bonds is 6. The van der Waals surface area contributed by atoms with Crippen LogP contribution in [0.5, 0.6) is 0 Å². The van der Waals surface area contributed by atoms with Gasteiger partial charge in [-0.2, -0.15) is 0 Å². The number of benzene rings is 1. The molecule has 0 radical (unpaired) electrons. The Kier molecular flexibility index (Phi) is 4.08. The summed E-state index contributed by atoms with van der Waals surface area (Å²) in [6.07, 6.45) is 3.98. The van der Waals surface area contributed by atoms with E-state index in [4.69, 9.17) is 9.15 Å². The molecule has 1 aromatic carbocycles. The van der Waals surface area contributed by atoms with Crippen molar-refractivity contribution in [2.75, 3.05) is 13.7 Å². The average molecular weight is 273 g/mol. The summed E-state index contributed by atoms with van der Waals surface area (Å²) in [6, 6.07) is 10.7. The van der Waals surface area contributed by atoms with Crippen LogP contribution in [-0.2, 0) is 4.74 Å². The van der Waals surface area contributed by atoms with Gasteiger partial charge in [0.2, 0.25) is 0 Å². The number of hydrogen-bond donors (Lipinski definition) is 1. The Labute approximate surface area is 120 Å². The smallest absolute Gasteiger partial charge is 0.134 e. The Bertz CT molecular complexity index is 524. The predicted octanol–water partition coefficient (Wildman–Crippen LogP) is 3.90. The molecule has 1 heterocycles. The van der Waals surface area contributed by atoms with Gasteiger partial charge in [-0.25, -0.2) is 0 Å². The summed E-state index contributed by atoms with van der Waals surface area (Å²) in [4.78, 5) is 0. The second kappa shape index (κ2) is 5.98. The Morgan fingerprint density at radius 2 is 2.15 bits per heavy atom. The third-order valence-corrected chi connectivity index (χ3v) is 4.30. The molecule has 0 bridgehead atoms. The molecule has 0 aliphatic heterocycles. The maximum Gasteiger partial charge on any atom is 0.134 e. The molecule has 3 nitrogen and oxygen atoms in total. The van der Waals surface area contributed by atoms with Crippen molar-refractivity contribution in [1.82, 2.24) is 5.32 Å². The summed E-state index contributed by atoms with van der Waals surface area (Å²) in [7, 11) is 2.01. The van der Waals surface area contributed by atoms with Crippen molar-refractivity contribution in [3.05, 3.63) is 36.1 Å². The van der Waals surface area contributed by atoms with E-state index < -0.39 is 0 Å². The van der Waals surface area contributed by atoms with Crippen molar-refractivity contribution in [3.8, 4) is 0 Å². The average Bonchev–Trinajstić information content (AvgIpc) is 2.84. The maximum absolute atomic E-state index is 5.97. The third-order valence-electron chi connectivity index (χ3n) is 4.30. The van der Waals surface area contributed by atoms with Crippen LogP contribution in [-0.4, -0.2) is 19.8 Å². The number of ether oxygens (including phenoxy) is 1. The molecule has 1 aliphatic carbocycles. The van der Waals surface area contributed by atoms with Crippen LogP contribution < -0.4 is 5.32 Å². The number of furan rings is 1. The SMILES string of the molecule is CCOC1CC(CC(NC)c2cc3ccccc3o2)C1. The highest BCUT2D eigenvalue weighted by atomic mass is 16.5. The van der Waals surface area contributed by atoms with Crippen LogP contribution in [0.2, 0.25) is 0 Å². The first-order chi connectivity index (χ1) is 9.80. The van der Waals surface area contributed by atoms with Crippen LogP contribution in [0.3, 0.4) is 0 Å². The Hall–Kier alpha value is -1.32. The minimum absolute atomic E-state index is 0.301. The van der Waals surface area contributed by atoms with Gasteiger partial charge in [0.05, 0.1) is 12.1 Å². The van der Waals surface area contributed by atoms with Gasteiger partial charge in [-0.3, -0.25) is 0 Å². The molecular weight excluding hydrogens is 250 g/mol. The van der Waals surface area contributed by atoms with Crippen molar-refractivity contribution in [2.24, 2.45) is 5.92 Å². The second-order valence-electron chi connectivity index (χ2n) is 5.68. The summed E-state index contributed by atoms with van der Waals surface area (Å²) < 4.78 is 11.6. The lowest BCUT2D eigenvalue weighted by molar-refractivity contribution is -0.0294. The van der Waals surface area contributed by atoms with Gasteiger partial charge in [0.15, 0.2) is 0 Å². The first-order valence-electron chi connectivity index (χ1n) is 7.57. The molecule has 108 valence electrons. The minimum Gasteiger partial charge on any atom is -0.459 e. The van der Waals surface area contributed by atoms with Gasteiger partial charge in [-0.05, 0) is 51.3 Å². The van der Waals surface area contributed by atoms with E-state index >= 15 is 0 Å². The number of fused-ring (bicyclic) bond motifs is 1. The van der Waals surface area contributed by atoms with E-state index in [1.54, 1.807) is 0 Å². The van der Waals surface area contributed by atoms with Gasteiger partial charge in [0.25, 0.3) is 0 Å². The molecular formula is C17H23NO2. The molecule has 3 heteroatoms. The van der Waals surface area contributed by atoms with Gasteiger partial charge in [-0.15, -0.1) is 0 Å². The Morgan fingerprint density at radius 3 is 2.85 bits per heavy atom. The molecule has 1 unspecified atom stereocenters. The molecule has 1 N–H and O–H groups in total. The van der Waals surface area contributed by atoms with E-state index in [9.17, 15) is 0 Å². The van der Waals surface area contributed by atoms with Gasteiger partial charge >= 0.3 is 0 Å². The molecule has 0 spiro atoms. The number of para-hydroxylation sites is 1. The lowest BCUT2D eigenvalue weighted by Crippen LogP contribution is -2.34. The number of hydrogen-bond acceptors (Lipinski definition) is 3. The molecule has 1 saturated carbocycles. The van der Waals surface area contributed by atoms with E-state index in [0.29, 0.717) is 12.1 Å². The summed E-state index contributed by atoms with van der Waals surface area (Å²) in [5, 5.41) is 4.57. The van der Waals surface area contributed by atoms with Crippen LogP contribution in [0.25, 0.3) is 11.0 Å². The zero-order valence-corrected chi connectivity index (χ0v) is 12.3. The van der Waals surface area contributed by atoms with Gasteiger partial charge in [-0.1, -0.05) is 18.2 Å². The zero-order chi connectivity index (χ0) is 13.9. The highest BCUT2D eigenvalue weighted by molar-refractivity contribution is 5.77. The fraction of sp³-hybridized carbons (Fsp3) is 0.529. The monoisotopic (exact) mass is 273 g/mol. The van der Waals surface area contributed by atoms with Crippen molar-refractivity contribution < 1.29 is 9.15 Å². The van der Waals surface area contributed by atoms with Crippen molar-refractivity contribution in [2.45, 2.75) is 38.3 Å². The Balaban J connectivity index is 1.64. The largest absolute Gasteiger partial charge is 0.459 e. The zero-order valence-electron chi connectivity index (χ0n) is 12.3. The fourth-order valence-corrected chi connectivity index (χ4v) is 3.12. The van der Waals surface area contributed by atoms with Crippen molar-refractivity contribution in [1.29, 1.82) is 0 Å². The summed E-state index contributed by atoms with van der Waals surface area (Å²) >= 11 is 0. The normalized spacial score (nSPS) is 23.7. The van der Waals surface area contributed by atoms with Crippen LogP contribution in [0.15, 0.2) is 34.7 Å². The summed E-state index contributed by atoms with van der Waals surface area (Å²) in [5.74, 6) is 1.80. The molecule has 1 aliphatic rings. The van der Waals surface area contributed by atoms with E-state index in [1.165, 1.54) is 18.2 Å². The standard InChI is InChI=1S/C17H23NO2/c1-3-19-14-8-12(9-14)10-15(18-2)17-11-13-6-4-5-7-16(13)20-17/h4-7,11-12,14-15,18H,3,8-10H2,1-2H3. The maximum atomic E-state index is 5.97. The van der Waals surface area contributed by atoms with Crippen LogP contribution >= 0.6 is 0 Å². The lowest BCUT2D eigenvalue weighted by atomic mass is 9.78. The summed E-state index contributed by atoms with van der Waals surface area (Å²) in [5.41, 5.74) is 0.976. The van der Waals surface area contributed by atoms with Crippen molar-refractivity contribution in [3.63, 3.8) is 0 Å². The molecule has 3 rings (SSSR count). The molecule has 0 saturated heterocycles. The van der Waals surface area contributed by atoms with E-state index in [2.05, 4.69) is 30.4 Å². The van der Waals surface area contributed by atoms with E-state index in [0.717, 1.165) is 30.3 Å². The van der Waals surface area contributed by atoms with Crippen molar-refractivity contribution >= 4 is 11.0 Å². The van der Waals surface area contributed by atoms with Crippen LogP contribution in [0.4, 0.5) is 0 Å². The third kappa shape index (κ3) is 2.74. The van der Waals surface area contributed by atoms with Gasteiger partial charge in [0, 0.05) is 12.0 Å². The fourth-order valence-electron chi connectivity index (χ4n) is 3.12. The van der Waals surface area contributed by atoms with E-state index in [1.807, 2.05) is 19.2 Å². The first-order valence-corrected chi connectivity index (χ1v) is 7.57. The highest BCUT2D eigenvalue weighted by Crippen LogP contribution is 2.37. The minimum atomic E-state index is 0.301. The molecule has 1 fully saturated rings. The molecule has 0 amide bonds. The first kappa shape index (κ1) is 13.7. The Morgan fingerprint density at radius 1 is 1.35 bits per heavy atom. The van der Waals surface area contributed by atoms with Crippen LogP contribution in [0.1, 0.15) is 38.0 Å². The predicted molar refractivity (Wildman–Crippen MR) is 80.8 cm³/mol.